The van der Waals surface area contributed by atoms with Crippen molar-refractivity contribution in [2.75, 3.05) is 18.9 Å². The summed E-state index contributed by atoms with van der Waals surface area (Å²) in [6.45, 7) is 5.61. The van der Waals surface area contributed by atoms with Crippen molar-refractivity contribution in [3.05, 3.63) is 53.2 Å². The summed E-state index contributed by atoms with van der Waals surface area (Å²) in [6, 6.07) is 3.39. The monoisotopic (exact) mass is 415 g/mol. The molecule has 0 aromatic heterocycles. The largest absolute Gasteiger partial charge is 0.344 e. The lowest BCUT2D eigenvalue weighted by molar-refractivity contribution is -0.135. The van der Waals surface area contributed by atoms with Gasteiger partial charge in [0.15, 0.2) is 11.6 Å². The fourth-order valence-electron chi connectivity index (χ4n) is 2.78. The molecule has 1 aromatic rings. The number of amides is 2. The van der Waals surface area contributed by atoms with E-state index in [2.05, 4.69) is 16.9 Å². The van der Waals surface area contributed by atoms with Gasteiger partial charge in [-0.2, -0.15) is 0 Å². The summed E-state index contributed by atoms with van der Waals surface area (Å²) in [5, 5.41) is 2.52. The number of rotatable bonds is 5. The third kappa shape index (κ3) is 4.93. The Labute approximate surface area is 165 Å². The molecule has 0 spiro atoms. The van der Waals surface area contributed by atoms with Gasteiger partial charge in [-0.05, 0) is 30.7 Å². The van der Waals surface area contributed by atoms with Gasteiger partial charge >= 0.3 is 0 Å². The lowest BCUT2D eigenvalue weighted by Gasteiger charge is -2.17. The smallest absolute Gasteiger partial charge is 0.237 e. The first-order chi connectivity index (χ1) is 12.6. The summed E-state index contributed by atoms with van der Waals surface area (Å²) in [4.78, 5) is 30.2. The van der Waals surface area contributed by atoms with E-state index in [0.717, 1.165) is 6.07 Å². The van der Waals surface area contributed by atoms with Gasteiger partial charge in [-0.1, -0.05) is 35.8 Å². The van der Waals surface area contributed by atoms with Gasteiger partial charge in [-0.3, -0.25) is 9.59 Å². The van der Waals surface area contributed by atoms with Gasteiger partial charge in [-0.15, -0.1) is 0 Å². The molecule has 2 rings (SSSR count). The zero-order valence-corrected chi connectivity index (χ0v) is 16.1. The van der Waals surface area contributed by atoms with Crippen LogP contribution in [0, 0.1) is 23.5 Å². The molecule has 0 radical (unpaired) electrons. The average Bonchev–Trinajstić information content (AvgIpc) is 2.86. The Morgan fingerprint density at radius 2 is 2.07 bits per heavy atom. The normalized spacial score (nSPS) is 20.8. The van der Waals surface area contributed by atoms with Crippen molar-refractivity contribution >= 4 is 45.9 Å². The van der Waals surface area contributed by atoms with E-state index in [9.17, 15) is 18.4 Å². The number of benzene rings is 1. The average molecular weight is 416 g/mol. The Morgan fingerprint density at radius 3 is 2.70 bits per heavy atom. The number of anilines is 1. The number of nitrogens with one attached hydrogen (secondary N) is 1. The highest BCUT2D eigenvalue weighted by Crippen LogP contribution is 2.32. The Balaban J connectivity index is 2.27. The summed E-state index contributed by atoms with van der Waals surface area (Å²) in [5.41, 5.74) is 0.0434. The van der Waals surface area contributed by atoms with Gasteiger partial charge in [0, 0.05) is 19.5 Å². The lowest BCUT2D eigenvalue weighted by atomic mass is 9.88. The molecule has 5 nitrogen and oxygen atoms in total. The number of hydrogen-bond donors (Lipinski definition) is 1. The van der Waals surface area contributed by atoms with Gasteiger partial charge in [0.25, 0.3) is 0 Å². The number of aliphatic imine (C=N–C) groups is 1. The minimum Gasteiger partial charge on any atom is -0.344 e. The van der Waals surface area contributed by atoms with Crippen LogP contribution in [0.2, 0.25) is 0 Å². The number of carbonyl (C=O) groups excluding carboxylic acids is 2. The number of likely N-dealkylation sites (tertiary alicyclic amines) is 1. The van der Waals surface area contributed by atoms with E-state index in [1.165, 1.54) is 37.1 Å². The zero-order valence-electron chi connectivity index (χ0n) is 14.6. The van der Waals surface area contributed by atoms with E-state index in [1.54, 1.807) is 0 Å². The van der Waals surface area contributed by atoms with Gasteiger partial charge in [-0.25, -0.2) is 13.8 Å². The van der Waals surface area contributed by atoms with Crippen LogP contribution < -0.4 is 5.32 Å². The number of hydrogen-bond acceptors (Lipinski definition) is 3. The molecule has 0 aliphatic carbocycles. The fraction of sp³-hybridized carbons (Fsp3) is 0.278. The molecule has 144 valence electrons. The van der Waals surface area contributed by atoms with Crippen LogP contribution >= 0.6 is 23.2 Å². The van der Waals surface area contributed by atoms with Crippen molar-refractivity contribution in [2.24, 2.45) is 16.8 Å². The Bertz CT molecular complexity index is 851. The van der Waals surface area contributed by atoms with Crippen LogP contribution in [0.3, 0.4) is 0 Å². The second-order valence-electron chi connectivity index (χ2n) is 6.04. The molecule has 1 heterocycles. The van der Waals surface area contributed by atoms with Crippen LogP contribution in [0.5, 0.6) is 0 Å². The van der Waals surface area contributed by atoms with Crippen LogP contribution in [-0.4, -0.2) is 35.5 Å². The van der Waals surface area contributed by atoms with Gasteiger partial charge in [0.05, 0.1) is 5.69 Å². The minimum absolute atomic E-state index is 0.0461. The second-order valence-corrected chi connectivity index (χ2v) is 6.98. The maximum absolute atomic E-state index is 13.8. The Kier molecular flexibility index (Phi) is 6.73. The fourth-order valence-corrected chi connectivity index (χ4v) is 3.18. The molecule has 1 N–H and O–H groups in total. The van der Waals surface area contributed by atoms with E-state index >= 15 is 0 Å². The molecule has 27 heavy (non-hydrogen) atoms. The SMILES string of the molecule is C=C(/C=C(/Cl)N=C(C)Cl)[C@@H]1CN(C)C(=O)[C@H]1C(=O)Nc1cccc(F)c1F. The molecule has 1 saturated heterocycles. The standard InChI is InChI=1S/C18H17Cl2F2N3O2/c1-9(7-14(20)23-10(2)19)11-8-25(3)18(27)15(11)17(26)24-13-6-4-5-12(21)16(13)22/h4-7,11,15H,1,8H2,2-3H3,(H,24,26)/b14-7-,23-10?/t11-,15+/m0/s1. The summed E-state index contributed by atoms with van der Waals surface area (Å²) in [7, 11) is 1.53. The molecule has 0 saturated carbocycles. The molecule has 0 bridgehead atoms. The number of nitrogens with zero attached hydrogens (tertiary/aromatic N) is 2. The summed E-state index contributed by atoms with van der Waals surface area (Å²) >= 11 is 11.6. The summed E-state index contributed by atoms with van der Waals surface area (Å²) < 4.78 is 27.2. The Morgan fingerprint density at radius 1 is 1.41 bits per heavy atom. The van der Waals surface area contributed by atoms with E-state index in [4.69, 9.17) is 23.2 Å². The topological polar surface area (TPSA) is 61.8 Å². The quantitative estimate of drug-likeness (QED) is 0.343. The van der Waals surface area contributed by atoms with Crippen LogP contribution in [0.25, 0.3) is 0 Å². The predicted molar refractivity (Wildman–Crippen MR) is 102 cm³/mol. The van der Waals surface area contributed by atoms with Gasteiger partial charge in [0.1, 0.15) is 16.2 Å². The van der Waals surface area contributed by atoms with Crippen molar-refractivity contribution in [2.45, 2.75) is 6.92 Å². The molecular formula is C18H17Cl2F2N3O2. The van der Waals surface area contributed by atoms with Crippen LogP contribution in [-0.2, 0) is 9.59 Å². The van der Waals surface area contributed by atoms with Gasteiger partial charge in [0.2, 0.25) is 11.8 Å². The number of allylic oxidation sites excluding steroid dienone is 1. The number of halogens is 4. The summed E-state index contributed by atoms with van der Waals surface area (Å²) in [5.74, 6) is -5.30. The van der Waals surface area contributed by atoms with E-state index in [1.807, 2.05) is 0 Å². The first-order valence-corrected chi connectivity index (χ1v) is 8.64. The molecule has 1 aliphatic heterocycles. The van der Waals surface area contributed by atoms with E-state index in [0.29, 0.717) is 5.57 Å². The molecule has 1 fully saturated rings. The number of carbonyl (C=O) groups is 2. The maximum atomic E-state index is 13.8. The first-order valence-electron chi connectivity index (χ1n) is 7.88. The molecule has 1 aromatic carbocycles. The molecule has 9 heteroatoms. The third-order valence-electron chi connectivity index (χ3n) is 4.05. The second kappa shape index (κ2) is 8.63. The highest BCUT2D eigenvalue weighted by atomic mass is 35.5. The maximum Gasteiger partial charge on any atom is 0.237 e. The van der Waals surface area contributed by atoms with Crippen LogP contribution in [0.15, 0.2) is 46.6 Å². The lowest BCUT2D eigenvalue weighted by Crippen LogP contribution is -2.33. The molecule has 1 aliphatic rings. The highest BCUT2D eigenvalue weighted by molar-refractivity contribution is 6.65. The predicted octanol–water partition coefficient (Wildman–Crippen LogP) is 3.90. The van der Waals surface area contributed by atoms with E-state index in [-0.39, 0.29) is 22.6 Å². The van der Waals surface area contributed by atoms with Crippen molar-refractivity contribution < 1.29 is 18.4 Å². The Hall–Kier alpha value is -2.25. The molecule has 2 amide bonds. The highest BCUT2D eigenvalue weighted by Gasteiger charge is 2.44. The molecule has 0 unspecified atom stereocenters. The van der Waals surface area contributed by atoms with Crippen molar-refractivity contribution in [3.8, 4) is 0 Å². The van der Waals surface area contributed by atoms with Crippen LogP contribution in [0.4, 0.5) is 14.5 Å². The van der Waals surface area contributed by atoms with Crippen molar-refractivity contribution in [1.29, 1.82) is 0 Å². The first kappa shape index (κ1) is 21.1. The minimum atomic E-state index is -1.20. The molecule has 2 atom stereocenters. The molecular weight excluding hydrogens is 399 g/mol. The van der Waals surface area contributed by atoms with Gasteiger partial charge < -0.3 is 10.2 Å². The van der Waals surface area contributed by atoms with Crippen molar-refractivity contribution in [1.82, 2.24) is 4.90 Å². The van der Waals surface area contributed by atoms with Crippen molar-refractivity contribution in [3.63, 3.8) is 0 Å². The van der Waals surface area contributed by atoms with Crippen LogP contribution in [0.1, 0.15) is 6.92 Å². The summed E-state index contributed by atoms with van der Waals surface area (Å²) in [6.07, 6.45) is 1.41. The van der Waals surface area contributed by atoms with E-state index < -0.39 is 35.3 Å². The zero-order chi connectivity index (χ0) is 20.3. The third-order valence-corrected chi connectivity index (χ3v) is 4.33.